The first kappa shape index (κ1) is 19.9. The van der Waals surface area contributed by atoms with Gasteiger partial charge in [0.15, 0.2) is 11.5 Å². The van der Waals surface area contributed by atoms with Crippen LogP contribution in [-0.2, 0) is 16.0 Å². The number of benzene rings is 2. The fourth-order valence-corrected chi connectivity index (χ4v) is 4.62. The molecular weight excluding hydrogens is 394 g/mol. The van der Waals surface area contributed by atoms with Gasteiger partial charge in [0.2, 0.25) is 12.0 Å². The maximum Gasteiger partial charge on any atom is 0.267 e. The molecule has 7 nitrogen and oxygen atoms in total. The fourth-order valence-electron chi connectivity index (χ4n) is 4.62. The lowest BCUT2D eigenvalue weighted by Gasteiger charge is -2.39. The molecule has 2 aromatic rings. The van der Waals surface area contributed by atoms with Crippen molar-refractivity contribution >= 4 is 17.5 Å². The highest BCUT2D eigenvalue weighted by Crippen LogP contribution is 2.32. The number of para-hydroxylation sites is 3. The van der Waals surface area contributed by atoms with Gasteiger partial charge >= 0.3 is 0 Å². The summed E-state index contributed by atoms with van der Waals surface area (Å²) in [5.74, 6) is 1.36. The third-order valence-electron chi connectivity index (χ3n) is 6.47. The first-order valence-corrected chi connectivity index (χ1v) is 10.9. The van der Waals surface area contributed by atoms with E-state index in [2.05, 4.69) is 11.0 Å². The van der Waals surface area contributed by atoms with E-state index in [1.54, 1.807) is 0 Å². The number of carbonyl (C=O) groups is 2. The number of hydrogen-bond acceptors (Lipinski definition) is 5. The van der Waals surface area contributed by atoms with Crippen LogP contribution in [0.5, 0.6) is 11.5 Å². The summed E-state index contributed by atoms with van der Waals surface area (Å²) in [5, 5.41) is 0. The lowest BCUT2D eigenvalue weighted by Crippen LogP contribution is -2.57. The van der Waals surface area contributed by atoms with Crippen molar-refractivity contribution in [3.05, 3.63) is 54.1 Å². The third-order valence-corrected chi connectivity index (χ3v) is 6.47. The first-order valence-electron chi connectivity index (χ1n) is 10.9. The molecule has 0 saturated carbocycles. The van der Waals surface area contributed by atoms with Crippen LogP contribution in [0.15, 0.2) is 48.5 Å². The Balaban J connectivity index is 1.17. The Kier molecular flexibility index (Phi) is 5.28. The Morgan fingerprint density at radius 3 is 2.45 bits per heavy atom. The SMILES string of the molecule is C[C@H](C(=O)N1CCc2ccccc21)N1CCN(C(=O)[C@@H]2COc3ccccc3O2)CC1. The number of piperazine rings is 1. The Hall–Kier alpha value is -3.06. The molecule has 31 heavy (non-hydrogen) atoms. The zero-order valence-electron chi connectivity index (χ0n) is 17.7. The summed E-state index contributed by atoms with van der Waals surface area (Å²) in [6, 6.07) is 15.3. The van der Waals surface area contributed by atoms with Crippen LogP contribution in [0.25, 0.3) is 0 Å². The molecule has 0 N–H and O–H groups in total. The molecule has 1 fully saturated rings. The summed E-state index contributed by atoms with van der Waals surface area (Å²) in [4.78, 5) is 32.0. The monoisotopic (exact) mass is 421 g/mol. The van der Waals surface area contributed by atoms with E-state index in [9.17, 15) is 9.59 Å². The van der Waals surface area contributed by atoms with Crippen molar-refractivity contribution in [2.45, 2.75) is 25.5 Å². The van der Waals surface area contributed by atoms with Gasteiger partial charge in [-0.3, -0.25) is 14.5 Å². The van der Waals surface area contributed by atoms with Crippen molar-refractivity contribution in [1.82, 2.24) is 9.80 Å². The van der Waals surface area contributed by atoms with Gasteiger partial charge in [0.05, 0.1) is 6.04 Å². The normalized spacial score (nSPS) is 21.5. The highest BCUT2D eigenvalue weighted by Gasteiger charge is 2.36. The van der Waals surface area contributed by atoms with Crippen LogP contribution in [0.3, 0.4) is 0 Å². The van der Waals surface area contributed by atoms with E-state index < -0.39 is 6.10 Å². The summed E-state index contributed by atoms with van der Waals surface area (Å²) in [6.45, 7) is 5.41. The van der Waals surface area contributed by atoms with Gasteiger partial charge in [0.1, 0.15) is 6.61 Å². The van der Waals surface area contributed by atoms with Crippen LogP contribution in [0.2, 0.25) is 0 Å². The fraction of sp³-hybridized carbons (Fsp3) is 0.417. The minimum atomic E-state index is -0.624. The van der Waals surface area contributed by atoms with Gasteiger partial charge < -0.3 is 19.3 Å². The minimum absolute atomic E-state index is 0.0541. The molecule has 0 spiro atoms. The van der Waals surface area contributed by atoms with E-state index in [4.69, 9.17) is 9.47 Å². The van der Waals surface area contributed by atoms with Gasteiger partial charge in [-0.25, -0.2) is 0 Å². The predicted molar refractivity (Wildman–Crippen MR) is 116 cm³/mol. The molecular formula is C24H27N3O4. The van der Waals surface area contributed by atoms with Gasteiger partial charge in [0.25, 0.3) is 5.91 Å². The molecule has 2 aromatic carbocycles. The largest absolute Gasteiger partial charge is 0.485 e. The molecule has 2 amide bonds. The zero-order valence-corrected chi connectivity index (χ0v) is 17.7. The molecule has 0 aromatic heterocycles. The molecule has 2 atom stereocenters. The first-order chi connectivity index (χ1) is 15.1. The van der Waals surface area contributed by atoms with Crippen molar-refractivity contribution in [2.75, 3.05) is 44.2 Å². The number of nitrogens with zero attached hydrogens (tertiary/aromatic N) is 3. The van der Waals surface area contributed by atoms with Gasteiger partial charge in [-0.1, -0.05) is 30.3 Å². The maximum atomic E-state index is 13.2. The molecule has 7 heteroatoms. The highest BCUT2D eigenvalue weighted by atomic mass is 16.6. The predicted octanol–water partition coefficient (Wildman–Crippen LogP) is 1.95. The van der Waals surface area contributed by atoms with E-state index >= 15 is 0 Å². The van der Waals surface area contributed by atoms with E-state index in [0.29, 0.717) is 37.7 Å². The molecule has 0 unspecified atom stereocenters. The molecule has 3 aliphatic rings. The lowest BCUT2D eigenvalue weighted by atomic mass is 10.1. The smallest absolute Gasteiger partial charge is 0.267 e. The van der Waals surface area contributed by atoms with Crippen LogP contribution in [0, 0.1) is 0 Å². The van der Waals surface area contributed by atoms with Gasteiger partial charge in [-0.05, 0) is 37.1 Å². The van der Waals surface area contributed by atoms with Crippen LogP contribution in [-0.4, -0.2) is 73.1 Å². The van der Waals surface area contributed by atoms with Crippen molar-refractivity contribution in [3.8, 4) is 11.5 Å². The van der Waals surface area contributed by atoms with Crippen LogP contribution in [0.1, 0.15) is 12.5 Å². The average molecular weight is 421 g/mol. The molecule has 162 valence electrons. The van der Waals surface area contributed by atoms with E-state index in [1.807, 2.05) is 59.2 Å². The summed E-state index contributed by atoms with van der Waals surface area (Å²) in [5.41, 5.74) is 2.26. The quantitative estimate of drug-likeness (QED) is 0.758. The van der Waals surface area contributed by atoms with E-state index in [0.717, 1.165) is 18.7 Å². The second-order valence-corrected chi connectivity index (χ2v) is 8.27. The summed E-state index contributed by atoms with van der Waals surface area (Å²) in [6.07, 6.45) is 0.283. The van der Waals surface area contributed by atoms with Crippen LogP contribution >= 0.6 is 0 Å². The molecule has 0 aliphatic carbocycles. The minimum Gasteiger partial charge on any atom is -0.485 e. The number of anilines is 1. The summed E-state index contributed by atoms with van der Waals surface area (Å²) >= 11 is 0. The van der Waals surface area contributed by atoms with Crippen molar-refractivity contribution in [1.29, 1.82) is 0 Å². The Morgan fingerprint density at radius 1 is 0.935 bits per heavy atom. The molecule has 3 heterocycles. The highest BCUT2D eigenvalue weighted by molar-refractivity contribution is 5.98. The summed E-state index contributed by atoms with van der Waals surface area (Å²) < 4.78 is 11.6. The van der Waals surface area contributed by atoms with Gasteiger partial charge in [-0.15, -0.1) is 0 Å². The number of fused-ring (bicyclic) bond motifs is 2. The number of rotatable bonds is 3. The average Bonchev–Trinajstić information content (AvgIpc) is 3.26. The molecule has 0 radical (unpaired) electrons. The van der Waals surface area contributed by atoms with Crippen molar-refractivity contribution < 1.29 is 19.1 Å². The van der Waals surface area contributed by atoms with Crippen molar-refractivity contribution in [3.63, 3.8) is 0 Å². The number of hydrogen-bond donors (Lipinski definition) is 0. The van der Waals surface area contributed by atoms with Crippen molar-refractivity contribution in [2.24, 2.45) is 0 Å². The van der Waals surface area contributed by atoms with E-state index in [-0.39, 0.29) is 24.5 Å². The summed E-state index contributed by atoms with van der Waals surface area (Å²) in [7, 11) is 0. The Labute approximate surface area is 182 Å². The van der Waals surface area contributed by atoms with Gasteiger partial charge in [-0.2, -0.15) is 0 Å². The number of carbonyl (C=O) groups excluding carboxylic acids is 2. The number of ether oxygens (including phenoxy) is 2. The second kappa shape index (κ2) is 8.23. The maximum absolute atomic E-state index is 13.2. The molecule has 3 aliphatic heterocycles. The Morgan fingerprint density at radius 2 is 1.65 bits per heavy atom. The lowest BCUT2D eigenvalue weighted by molar-refractivity contribution is -0.143. The second-order valence-electron chi connectivity index (χ2n) is 8.27. The Bertz CT molecular complexity index is 986. The topological polar surface area (TPSA) is 62.3 Å². The molecule has 5 rings (SSSR count). The third kappa shape index (κ3) is 3.74. The molecule has 1 saturated heterocycles. The molecule has 0 bridgehead atoms. The van der Waals surface area contributed by atoms with Crippen LogP contribution in [0.4, 0.5) is 5.69 Å². The van der Waals surface area contributed by atoms with Crippen LogP contribution < -0.4 is 14.4 Å². The standard InChI is InChI=1S/C24H27N3O4/c1-17(23(28)27-11-10-18-6-2-3-7-19(18)27)25-12-14-26(15-13-25)24(29)22-16-30-20-8-4-5-9-21(20)31-22/h2-9,17,22H,10-16H2,1H3/t17-,22+/m1/s1. The van der Waals surface area contributed by atoms with E-state index in [1.165, 1.54) is 5.56 Å². The number of amides is 2. The van der Waals surface area contributed by atoms with Gasteiger partial charge in [0, 0.05) is 38.4 Å². The zero-order chi connectivity index (χ0) is 21.4.